The van der Waals surface area contributed by atoms with Gasteiger partial charge in [0, 0.05) is 38.0 Å². The fourth-order valence-corrected chi connectivity index (χ4v) is 3.04. The monoisotopic (exact) mass is 267 g/mol. The Balaban J connectivity index is 1.83. The Morgan fingerprint density at radius 2 is 2.11 bits per heavy atom. The lowest BCUT2D eigenvalue weighted by Crippen LogP contribution is -2.51. The second-order valence-corrected chi connectivity index (χ2v) is 6.17. The summed E-state index contributed by atoms with van der Waals surface area (Å²) in [5.41, 5.74) is 6.05. The molecule has 1 aliphatic heterocycles. The van der Waals surface area contributed by atoms with Gasteiger partial charge in [0.1, 0.15) is 0 Å². The largest absolute Gasteiger partial charge is 0.351 e. The summed E-state index contributed by atoms with van der Waals surface area (Å²) in [5, 5.41) is 3.09. The van der Waals surface area contributed by atoms with Gasteiger partial charge in [-0.3, -0.25) is 9.59 Å². The maximum absolute atomic E-state index is 12.2. The molecule has 2 aliphatic rings. The van der Waals surface area contributed by atoms with Crippen molar-refractivity contribution < 1.29 is 9.59 Å². The van der Waals surface area contributed by atoms with Crippen molar-refractivity contribution in [3.05, 3.63) is 0 Å². The third-order valence-corrected chi connectivity index (χ3v) is 4.60. The van der Waals surface area contributed by atoms with Crippen LogP contribution in [0.4, 0.5) is 0 Å². The van der Waals surface area contributed by atoms with Crippen LogP contribution < -0.4 is 11.1 Å². The van der Waals surface area contributed by atoms with Gasteiger partial charge in [-0.1, -0.05) is 6.92 Å². The van der Waals surface area contributed by atoms with E-state index < -0.39 is 0 Å². The number of likely N-dealkylation sites (tertiary alicyclic amines) is 1. The Morgan fingerprint density at radius 3 is 2.74 bits per heavy atom. The molecule has 1 aliphatic carbocycles. The number of nitrogens with zero attached hydrogens (tertiary/aromatic N) is 1. The number of amides is 2. The van der Waals surface area contributed by atoms with Crippen molar-refractivity contribution in [3.63, 3.8) is 0 Å². The zero-order valence-electron chi connectivity index (χ0n) is 11.9. The average molecular weight is 267 g/mol. The topological polar surface area (TPSA) is 75.4 Å². The smallest absolute Gasteiger partial charge is 0.223 e. The van der Waals surface area contributed by atoms with Gasteiger partial charge in [-0.25, -0.2) is 0 Å². The van der Waals surface area contributed by atoms with E-state index in [-0.39, 0.29) is 29.8 Å². The third kappa shape index (κ3) is 3.47. The minimum atomic E-state index is 0.0501. The third-order valence-electron chi connectivity index (χ3n) is 4.60. The summed E-state index contributed by atoms with van der Waals surface area (Å²) >= 11 is 0. The maximum Gasteiger partial charge on any atom is 0.223 e. The van der Waals surface area contributed by atoms with Gasteiger partial charge in [0.15, 0.2) is 0 Å². The summed E-state index contributed by atoms with van der Waals surface area (Å²) in [6.45, 7) is 2.78. The van der Waals surface area contributed by atoms with Crippen LogP contribution in [-0.2, 0) is 9.59 Å². The predicted molar refractivity (Wildman–Crippen MR) is 73.3 cm³/mol. The SMILES string of the molecule is CC1CCC(C(=O)NC2CCC(=O)N(C)C2)CC1N. The first-order valence-corrected chi connectivity index (χ1v) is 7.27. The summed E-state index contributed by atoms with van der Waals surface area (Å²) < 4.78 is 0. The first-order chi connectivity index (χ1) is 8.97. The van der Waals surface area contributed by atoms with Crippen LogP contribution >= 0.6 is 0 Å². The van der Waals surface area contributed by atoms with Gasteiger partial charge in [0.2, 0.25) is 11.8 Å². The van der Waals surface area contributed by atoms with E-state index in [1.807, 2.05) is 0 Å². The van der Waals surface area contributed by atoms with Crippen molar-refractivity contribution in [2.75, 3.05) is 13.6 Å². The van der Waals surface area contributed by atoms with Crippen LogP contribution in [0, 0.1) is 11.8 Å². The lowest BCUT2D eigenvalue weighted by atomic mass is 9.79. The van der Waals surface area contributed by atoms with Gasteiger partial charge in [0.25, 0.3) is 0 Å². The molecule has 2 amide bonds. The van der Waals surface area contributed by atoms with Crippen molar-refractivity contribution in [2.24, 2.45) is 17.6 Å². The molecule has 5 heteroatoms. The van der Waals surface area contributed by atoms with E-state index in [2.05, 4.69) is 12.2 Å². The van der Waals surface area contributed by atoms with Crippen LogP contribution in [0.3, 0.4) is 0 Å². The molecule has 3 N–H and O–H groups in total. The first kappa shape index (κ1) is 14.3. The molecule has 108 valence electrons. The second-order valence-electron chi connectivity index (χ2n) is 6.17. The van der Waals surface area contributed by atoms with Crippen molar-refractivity contribution >= 4 is 11.8 Å². The van der Waals surface area contributed by atoms with Crippen molar-refractivity contribution in [2.45, 2.75) is 51.1 Å². The summed E-state index contributed by atoms with van der Waals surface area (Å²) in [6, 6.07) is 0.242. The van der Waals surface area contributed by atoms with E-state index in [1.165, 1.54) is 0 Å². The van der Waals surface area contributed by atoms with Gasteiger partial charge in [-0.15, -0.1) is 0 Å². The van der Waals surface area contributed by atoms with E-state index in [4.69, 9.17) is 5.73 Å². The molecule has 4 unspecified atom stereocenters. The number of likely N-dealkylation sites (N-methyl/N-ethyl adjacent to an activating group) is 1. The van der Waals surface area contributed by atoms with E-state index in [1.54, 1.807) is 11.9 Å². The molecular formula is C14H25N3O2. The number of carbonyl (C=O) groups is 2. The van der Waals surface area contributed by atoms with E-state index in [9.17, 15) is 9.59 Å². The predicted octanol–water partition coefficient (Wildman–Crippen LogP) is 0.487. The Kier molecular flexibility index (Phi) is 4.45. The van der Waals surface area contributed by atoms with Crippen LogP contribution in [-0.4, -0.2) is 42.4 Å². The zero-order valence-corrected chi connectivity index (χ0v) is 11.9. The Morgan fingerprint density at radius 1 is 1.37 bits per heavy atom. The number of nitrogens with one attached hydrogen (secondary N) is 1. The Labute approximate surface area is 114 Å². The van der Waals surface area contributed by atoms with Gasteiger partial charge in [0.05, 0.1) is 0 Å². The summed E-state index contributed by atoms with van der Waals surface area (Å²) in [5.74, 6) is 0.853. The minimum absolute atomic E-state index is 0.0501. The fraction of sp³-hybridized carbons (Fsp3) is 0.857. The molecule has 0 aromatic carbocycles. The molecule has 1 saturated heterocycles. The summed E-state index contributed by atoms with van der Waals surface area (Å²) in [7, 11) is 1.79. The van der Waals surface area contributed by atoms with Crippen LogP contribution in [0.15, 0.2) is 0 Å². The molecule has 0 aromatic heterocycles. The quantitative estimate of drug-likeness (QED) is 0.764. The Bertz CT molecular complexity index is 359. The highest BCUT2D eigenvalue weighted by molar-refractivity contribution is 5.80. The fourth-order valence-electron chi connectivity index (χ4n) is 3.04. The number of nitrogens with two attached hydrogens (primary N) is 1. The molecule has 5 nitrogen and oxygen atoms in total. The number of hydrogen-bond donors (Lipinski definition) is 2. The van der Waals surface area contributed by atoms with Gasteiger partial charge in [-0.05, 0) is 31.6 Å². The maximum atomic E-state index is 12.2. The molecule has 0 bridgehead atoms. The number of rotatable bonds is 2. The zero-order chi connectivity index (χ0) is 14.0. The molecular weight excluding hydrogens is 242 g/mol. The normalized spacial score (nSPS) is 36.2. The van der Waals surface area contributed by atoms with Crippen LogP contribution in [0.25, 0.3) is 0 Å². The average Bonchev–Trinajstić information content (AvgIpc) is 2.37. The van der Waals surface area contributed by atoms with Crippen LogP contribution in [0.2, 0.25) is 0 Å². The van der Waals surface area contributed by atoms with Crippen LogP contribution in [0.5, 0.6) is 0 Å². The molecule has 19 heavy (non-hydrogen) atoms. The van der Waals surface area contributed by atoms with Crippen LogP contribution in [0.1, 0.15) is 39.0 Å². The number of carbonyl (C=O) groups excluding carboxylic acids is 2. The summed E-state index contributed by atoms with van der Waals surface area (Å²) in [4.78, 5) is 25.3. The molecule has 2 rings (SSSR count). The molecule has 1 heterocycles. The van der Waals surface area contributed by atoms with E-state index in [0.717, 1.165) is 25.7 Å². The minimum Gasteiger partial charge on any atom is -0.351 e. The van der Waals surface area contributed by atoms with Gasteiger partial charge in [-0.2, -0.15) is 0 Å². The van der Waals surface area contributed by atoms with Gasteiger partial charge >= 0.3 is 0 Å². The van der Waals surface area contributed by atoms with Crippen molar-refractivity contribution in [3.8, 4) is 0 Å². The number of piperidine rings is 1. The summed E-state index contributed by atoms with van der Waals surface area (Å²) in [6.07, 6.45) is 4.03. The van der Waals surface area contributed by atoms with Gasteiger partial charge < -0.3 is 16.0 Å². The highest BCUT2D eigenvalue weighted by Crippen LogP contribution is 2.28. The highest BCUT2D eigenvalue weighted by Gasteiger charge is 2.31. The van der Waals surface area contributed by atoms with E-state index in [0.29, 0.717) is 18.9 Å². The van der Waals surface area contributed by atoms with Crippen molar-refractivity contribution in [1.82, 2.24) is 10.2 Å². The molecule has 1 saturated carbocycles. The molecule has 0 spiro atoms. The molecule has 0 aromatic rings. The standard InChI is InChI=1S/C14H25N3O2/c1-9-3-4-10(7-12(9)15)14(19)16-11-5-6-13(18)17(2)8-11/h9-12H,3-8,15H2,1-2H3,(H,16,19). The molecule has 2 fully saturated rings. The highest BCUT2D eigenvalue weighted by atomic mass is 16.2. The lowest BCUT2D eigenvalue weighted by Gasteiger charge is -2.34. The lowest BCUT2D eigenvalue weighted by molar-refractivity contribution is -0.135. The second kappa shape index (κ2) is 5.90. The van der Waals surface area contributed by atoms with E-state index >= 15 is 0 Å². The Hall–Kier alpha value is -1.10. The first-order valence-electron chi connectivity index (χ1n) is 7.27. The number of hydrogen-bond acceptors (Lipinski definition) is 3. The molecule has 0 radical (unpaired) electrons. The molecule has 4 atom stereocenters. The van der Waals surface area contributed by atoms with Crippen molar-refractivity contribution in [1.29, 1.82) is 0 Å².